The Bertz CT molecular complexity index is 705. The van der Waals surface area contributed by atoms with Gasteiger partial charge < -0.3 is 14.8 Å². The molecular formula is C14H11FN2O4. The normalized spacial score (nSPS) is 12.2. The fourth-order valence-corrected chi connectivity index (χ4v) is 2.13. The lowest BCUT2D eigenvalue weighted by atomic mass is 10.1. The first-order chi connectivity index (χ1) is 10.1. The molecule has 0 saturated heterocycles. The van der Waals surface area contributed by atoms with E-state index in [9.17, 15) is 14.5 Å². The Kier molecular flexibility index (Phi) is 3.31. The largest absolute Gasteiger partial charge is 0.454 e. The molecule has 2 aromatic carbocycles. The summed E-state index contributed by atoms with van der Waals surface area (Å²) >= 11 is 0. The number of hydrogen-bond donors (Lipinski definition) is 1. The lowest BCUT2D eigenvalue weighted by Crippen LogP contribution is -2.04. The number of para-hydroxylation sites is 1. The molecule has 21 heavy (non-hydrogen) atoms. The van der Waals surface area contributed by atoms with Gasteiger partial charge in [0.1, 0.15) is 11.5 Å². The maximum absolute atomic E-state index is 13.1. The van der Waals surface area contributed by atoms with Gasteiger partial charge in [0.2, 0.25) is 6.79 Å². The maximum Gasteiger partial charge on any atom is 0.295 e. The van der Waals surface area contributed by atoms with E-state index < -0.39 is 10.7 Å². The van der Waals surface area contributed by atoms with Crippen LogP contribution in [0.4, 0.5) is 15.8 Å². The van der Waals surface area contributed by atoms with Crippen LogP contribution in [0.5, 0.6) is 11.5 Å². The van der Waals surface area contributed by atoms with Crippen molar-refractivity contribution in [3.63, 3.8) is 0 Å². The number of hydrogen-bond acceptors (Lipinski definition) is 5. The van der Waals surface area contributed by atoms with Gasteiger partial charge in [-0.05, 0) is 18.2 Å². The van der Waals surface area contributed by atoms with E-state index >= 15 is 0 Å². The summed E-state index contributed by atoms with van der Waals surface area (Å²) in [5, 5.41) is 13.9. The minimum Gasteiger partial charge on any atom is -0.454 e. The molecular weight excluding hydrogens is 279 g/mol. The number of benzene rings is 2. The molecule has 0 radical (unpaired) electrons. The van der Waals surface area contributed by atoms with E-state index in [2.05, 4.69) is 5.32 Å². The Morgan fingerprint density at radius 2 is 2.14 bits per heavy atom. The number of nitro benzene ring substituents is 1. The molecule has 0 unspecified atom stereocenters. The topological polar surface area (TPSA) is 73.6 Å². The average molecular weight is 290 g/mol. The van der Waals surface area contributed by atoms with Crippen LogP contribution in [-0.4, -0.2) is 11.7 Å². The van der Waals surface area contributed by atoms with Crippen LogP contribution in [0.3, 0.4) is 0 Å². The van der Waals surface area contributed by atoms with Gasteiger partial charge >= 0.3 is 0 Å². The Balaban J connectivity index is 1.83. The lowest BCUT2D eigenvalue weighted by Gasteiger charge is -2.09. The number of nitro groups is 1. The molecule has 6 nitrogen and oxygen atoms in total. The van der Waals surface area contributed by atoms with Gasteiger partial charge in [-0.1, -0.05) is 12.1 Å². The summed E-state index contributed by atoms with van der Waals surface area (Å²) in [6.45, 7) is 0.460. The fourth-order valence-electron chi connectivity index (χ4n) is 2.13. The van der Waals surface area contributed by atoms with E-state index in [4.69, 9.17) is 9.47 Å². The van der Waals surface area contributed by atoms with E-state index in [0.717, 1.165) is 11.6 Å². The van der Waals surface area contributed by atoms with Crippen LogP contribution in [0, 0.1) is 15.9 Å². The second-order valence-corrected chi connectivity index (χ2v) is 4.42. The van der Waals surface area contributed by atoms with Crippen molar-refractivity contribution in [1.29, 1.82) is 0 Å². The molecule has 1 N–H and O–H groups in total. The predicted molar refractivity (Wildman–Crippen MR) is 72.9 cm³/mol. The van der Waals surface area contributed by atoms with Crippen molar-refractivity contribution < 1.29 is 18.8 Å². The van der Waals surface area contributed by atoms with Crippen LogP contribution >= 0.6 is 0 Å². The molecule has 1 aliphatic rings. The first-order valence-electron chi connectivity index (χ1n) is 6.20. The molecule has 0 atom stereocenters. The van der Waals surface area contributed by atoms with Gasteiger partial charge in [-0.25, -0.2) is 4.39 Å². The minimum absolute atomic E-state index is 0.156. The third-order valence-corrected chi connectivity index (χ3v) is 3.10. The molecule has 0 saturated carbocycles. The van der Waals surface area contributed by atoms with Crippen molar-refractivity contribution in [3.05, 3.63) is 57.9 Å². The number of halogens is 1. The van der Waals surface area contributed by atoms with Crippen molar-refractivity contribution in [2.45, 2.75) is 6.54 Å². The number of fused-ring (bicyclic) bond motifs is 1. The molecule has 1 heterocycles. The van der Waals surface area contributed by atoms with Crippen molar-refractivity contribution in [1.82, 2.24) is 0 Å². The van der Waals surface area contributed by atoms with Crippen LogP contribution in [0.1, 0.15) is 5.56 Å². The van der Waals surface area contributed by atoms with E-state index in [1.165, 1.54) is 12.1 Å². The molecule has 2 aromatic rings. The maximum atomic E-state index is 13.1. The first kappa shape index (κ1) is 13.2. The van der Waals surface area contributed by atoms with Crippen LogP contribution in [0.15, 0.2) is 36.4 Å². The van der Waals surface area contributed by atoms with Gasteiger partial charge in [0.15, 0.2) is 11.5 Å². The van der Waals surface area contributed by atoms with Crippen molar-refractivity contribution in [3.8, 4) is 11.5 Å². The van der Waals surface area contributed by atoms with Crippen molar-refractivity contribution in [2.75, 3.05) is 12.1 Å². The highest BCUT2D eigenvalue weighted by molar-refractivity contribution is 5.62. The summed E-state index contributed by atoms with van der Waals surface area (Å²) in [4.78, 5) is 10.3. The van der Waals surface area contributed by atoms with Gasteiger partial charge in [0.25, 0.3) is 5.69 Å². The zero-order chi connectivity index (χ0) is 14.8. The van der Waals surface area contributed by atoms with Crippen LogP contribution in [-0.2, 0) is 6.54 Å². The Labute approximate surface area is 119 Å². The number of nitrogens with one attached hydrogen (secondary N) is 1. The van der Waals surface area contributed by atoms with Gasteiger partial charge in [0, 0.05) is 12.1 Å². The van der Waals surface area contributed by atoms with Gasteiger partial charge in [-0.3, -0.25) is 10.1 Å². The van der Waals surface area contributed by atoms with E-state index in [1.54, 1.807) is 6.07 Å². The van der Waals surface area contributed by atoms with Gasteiger partial charge in [-0.2, -0.15) is 0 Å². The highest BCUT2D eigenvalue weighted by Gasteiger charge is 2.19. The molecule has 3 rings (SSSR count). The number of rotatable bonds is 4. The third kappa shape index (κ3) is 2.58. The van der Waals surface area contributed by atoms with Gasteiger partial charge in [-0.15, -0.1) is 0 Å². The molecule has 0 aliphatic carbocycles. The SMILES string of the molecule is O=[N+]([O-])c1cc(F)ccc1NCc1cccc2c1OCO2. The van der Waals surface area contributed by atoms with Crippen LogP contribution < -0.4 is 14.8 Å². The average Bonchev–Trinajstić information content (AvgIpc) is 2.94. The molecule has 0 bridgehead atoms. The summed E-state index contributed by atoms with van der Waals surface area (Å²) in [6, 6.07) is 8.82. The standard InChI is InChI=1S/C14H11FN2O4/c15-10-4-5-11(12(6-10)17(18)19)16-7-9-2-1-3-13-14(9)21-8-20-13/h1-6,16H,7-8H2. The summed E-state index contributed by atoms with van der Waals surface area (Å²) in [6.07, 6.45) is 0. The van der Waals surface area contributed by atoms with Crippen LogP contribution in [0.25, 0.3) is 0 Å². The molecule has 0 amide bonds. The second kappa shape index (κ2) is 5.28. The fraction of sp³-hybridized carbons (Fsp3) is 0.143. The minimum atomic E-state index is -0.649. The van der Waals surface area contributed by atoms with E-state index in [0.29, 0.717) is 18.0 Å². The van der Waals surface area contributed by atoms with Crippen LogP contribution in [0.2, 0.25) is 0 Å². The summed E-state index contributed by atoms with van der Waals surface area (Å²) in [5.41, 5.74) is 0.751. The summed E-state index contributed by atoms with van der Waals surface area (Å²) in [5.74, 6) is 0.613. The Hall–Kier alpha value is -2.83. The first-order valence-corrected chi connectivity index (χ1v) is 6.20. The molecule has 0 fully saturated rings. The second-order valence-electron chi connectivity index (χ2n) is 4.42. The van der Waals surface area contributed by atoms with Gasteiger partial charge in [0.05, 0.1) is 11.0 Å². The molecule has 7 heteroatoms. The number of anilines is 1. The highest BCUT2D eigenvalue weighted by Crippen LogP contribution is 2.36. The molecule has 0 aromatic heterocycles. The lowest BCUT2D eigenvalue weighted by molar-refractivity contribution is -0.384. The zero-order valence-corrected chi connectivity index (χ0v) is 10.8. The molecule has 0 spiro atoms. The Morgan fingerprint density at radius 1 is 1.29 bits per heavy atom. The van der Waals surface area contributed by atoms with Crippen molar-refractivity contribution in [2.24, 2.45) is 0 Å². The summed E-state index contributed by atoms with van der Waals surface area (Å²) < 4.78 is 23.7. The molecule has 1 aliphatic heterocycles. The smallest absolute Gasteiger partial charge is 0.295 e. The molecule has 108 valence electrons. The van der Waals surface area contributed by atoms with E-state index in [-0.39, 0.29) is 18.2 Å². The summed E-state index contributed by atoms with van der Waals surface area (Å²) in [7, 11) is 0. The number of ether oxygens (including phenoxy) is 2. The van der Waals surface area contributed by atoms with E-state index in [1.807, 2.05) is 12.1 Å². The quantitative estimate of drug-likeness (QED) is 0.692. The third-order valence-electron chi connectivity index (χ3n) is 3.10. The zero-order valence-electron chi connectivity index (χ0n) is 10.8. The highest BCUT2D eigenvalue weighted by atomic mass is 19.1. The monoisotopic (exact) mass is 290 g/mol. The predicted octanol–water partition coefficient (Wildman–Crippen LogP) is 3.07. The Morgan fingerprint density at radius 3 is 2.95 bits per heavy atom. The van der Waals surface area contributed by atoms with Crippen molar-refractivity contribution >= 4 is 11.4 Å². The number of nitrogens with zero attached hydrogens (tertiary/aromatic N) is 1.